The monoisotopic (exact) mass is 309 g/mol. The Bertz CT molecular complexity index is 549. The van der Waals surface area contributed by atoms with E-state index in [0.717, 1.165) is 24.8 Å². The number of hydrogen-bond acceptors (Lipinski definition) is 4. The Kier molecular flexibility index (Phi) is 3.57. The van der Waals surface area contributed by atoms with Crippen LogP contribution in [0.15, 0.2) is 11.3 Å². The molecule has 2 unspecified atom stereocenters. The van der Waals surface area contributed by atoms with Crippen molar-refractivity contribution in [1.82, 2.24) is 4.90 Å². The maximum absolute atomic E-state index is 12.4. The van der Waals surface area contributed by atoms with E-state index in [2.05, 4.69) is 0 Å². The van der Waals surface area contributed by atoms with Crippen LogP contribution < -0.4 is 0 Å². The third kappa shape index (κ3) is 1.74. The third-order valence-electron chi connectivity index (χ3n) is 5.74. The van der Waals surface area contributed by atoms with Crippen molar-refractivity contribution < 1.29 is 24.5 Å². The van der Waals surface area contributed by atoms with Crippen molar-refractivity contribution in [3.8, 4) is 0 Å². The van der Waals surface area contributed by atoms with Gasteiger partial charge in [0.15, 0.2) is 0 Å². The van der Waals surface area contributed by atoms with Crippen LogP contribution in [-0.4, -0.2) is 51.8 Å². The number of carbonyl (C=O) groups is 2. The molecule has 1 saturated heterocycles. The molecule has 3 aliphatic rings. The Morgan fingerprint density at radius 2 is 2.23 bits per heavy atom. The maximum Gasteiger partial charge on any atom is 0.352 e. The smallest absolute Gasteiger partial charge is 0.352 e. The van der Waals surface area contributed by atoms with Crippen molar-refractivity contribution in [2.24, 2.45) is 11.8 Å². The van der Waals surface area contributed by atoms with E-state index in [9.17, 15) is 19.8 Å². The molecule has 3 rings (SSSR count). The second-order valence-electron chi connectivity index (χ2n) is 6.58. The van der Waals surface area contributed by atoms with Crippen LogP contribution >= 0.6 is 0 Å². The number of fused-ring (bicyclic) bond motifs is 3. The summed E-state index contributed by atoms with van der Waals surface area (Å²) in [7, 11) is 1.61. The second-order valence-corrected chi connectivity index (χ2v) is 6.58. The average molecular weight is 309 g/mol. The topological polar surface area (TPSA) is 87.1 Å². The van der Waals surface area contributed by atoms with Crippen LogP contribution in [0.3, 0.4) is 0 Å². The zero-order valence-corrected chi connectivity index (χ0v) is 13.2. The molecule has 1 amide bonds. The van der Waals surface area contributed by atoms with E-state index in [1.54, 1.807) is 14.0 Å². The number of aliphatic carboxylic acids is 1. The number of carboxylic acid groups (broad SMARTS) is 1. The number of methoxy groups -OCH3 is 1. The molecule has 1 saturated carbocycles. The molecule has 1 aliphatic carbocycles. The van der Waals surface area contributed by atoms with Gasteiger partial charge in [-0.1, -0.05) is 6.92 Å². The van der Waals surface area contributed by atoms with Crippen molar-refractivity contribution in [3.63, 3.8) is 0 Å². The number of amides is 1. The number of ether oxygens (including phenoxy) is 1. The first-order chi connectivity index (χ1) is 10.4. The minimum Gasteiger partial charge on any atom is -0.477 e. The summed E-state index contributed by atoms with van der Waals surface area (Å²) in [5.74, 6) is -1.87. The maximum atomic E-state index is 12.4. The van der Waals surface area contributed by atoms with Gasteiger partial charge < -0.3 is 19.8 Å². The minimum absolute atomic E-state index is 0.0166. The van der Waals surface area contributed by atoms with Gasteiger partial charge in [-0.2, -0.15) is 0 Å². The molecule has 2 aliphatic heterocycles. The van der Waals surface area contributed by atoms with Gasteiger partial charge >= 0.3 is 5.97 Å². The molecule has 6 heteroatoms. The number of hydrogen-bond donors (Lipinski definition) is 2. The van der Waals surface area contributed by atoms with Gasteiger partial charge in [0.05, 0.1) is 23.7 Å². The highest BCUT2D eigenvalue weighted by atomic mass is 16.5. The van der Waals surface area contributed by atoms with E-state index in [1.165, 1.54) is 4.90 Å². The zero-order valence-electron chi connectivity index (χ0n) is 13.2. The lowest BCUT2D eigenvalue weighted by molar-refractivity contribution is -0.163. The highest BCUT2D eigenvalue weighted by molar-refractivity contribution is 6.00. The van der Waals surface area contributed by atoms with Crippen LogP contribution in [-0.2, 0) is 14.3 Å². The number of nitrogens with zero attached hydrogens (tertiary/aromatic N) is 1. The highest BCUT2D eigenvalue weighted by Gasteiger charge is 2.64. The third-order valence-corrected chi connectivity index (χ3v) is 5.74. The van der Waals surface area contributed by atoms with Gasteiger partial charge in [-0.3, -0.25) is 4.79 Å². The highest BCUT2D eigenvalue weighted by Crippen LogP contribution is 2.56. The van der Waals surface area contributed by atoms with E-state index in [0.29, 0.717) is 6.42 Å². The summed E-state index contributed by atoms with van der Waals surface area (Å²) in [5.41, 5.74) is 0.260. The van der Waals surface area contributed by atoms with Crippen LogP contribution in [0.4, 0.5) is 0 Å². The molecule has 22 heavy (non-hydrogen) atoms. The summed E-state index contributed by atoms with van der Waals surface area (Å²) in [6.45, 7) is 3.59. The summed E-state index contributed by atoms with van der Waals surface area (Å²) in [5, 5.41) is 19.6. The van der Waals surface area contributed by atoms with Gasteiger partial charge in [-0.15, -0.1) is 0 Å². The fourth-order valence-corrected chi connectivity index (χ4v) is 4.74. The Balaban J connectivity index is 2.12. The van der Waals surface area contributed by atoms with E-state index >= 15 is 0 Å². The van der Waals surface area contributed by atoms with Gasteiger partial charge in [0.1, 0.15) is 5.70 Å². The molecule has 122 valence electrons. The van der Waals surface area contributed by atoms with Crippen LogP contribution in [0.5, 0.6) is 0 Å². The first kappa shape index (κ1) is 15.5. The van der Waals surface area contributed by atoms with Crippen molar-refractivity contribution in [2.45, 2.75) is 57.3 Å². The molecular formula is C16H23NO5. The van der Waals surface area contributed by atoms with Crippen molar-refractivity contribution >= 4 is 11.9 Å². The lowest BCUT2D eigenvalue weighted by atomic mass is 9.67. The first-order valence-electron chi connectivity index (χ1n) is 7.94. The first-order valence-corrected chi connectivity index (χ1v) is 7.94. The van der Waals surface area contributed by atoms with Crippen LogP contribution in [0.25, 0.3) is 0 Å². The predicted molar refractivity (Wildman–Crippen MR) is 77.8 cm³/mol. The van der Waals surface area contributed by atoms with Crippen LogP contribution in [0.1, 0.15) is 39.5 Å². The molecule has 5 atom stereocenters. The zero-order chi connectivity index (χ0) is 16.2. The molecule has 0 bridgehead atoms. The number of rotatable bonds is 4. The average Bonchev–Trinajstić information content (AvgIpc) is 2.78. The molecule has 0 aromatic heterocycles. The van der Waals surface area contributed by atoms with Gasteiger partial charge in [0.2, 0.25) is 5.91 Å². The van der Waals surface area contributed by atoms with Gasteiger partial charge in [-0.25, -0.2) is 4.79 Å². The number of β-lactam (4-membered cyclic amide) rings is 1. The van der Waals surface area contributed by atoms with E-state index in [-0.39, 0.29) is 23.6 Å². The quantitative estimate of drug-likeness (QED) is 0.761. The van der Waals surface area contributed by atoms with Crippen LogP contribution in [0.2, 0.25) is 0 Å². The molecule has 2 heterocycles. The van der Waals surface area contributed by atoms with Crippen molar-refractivity contribution in [3.05, 3.63) is 11.3 Å². The van der Waals surface area contributed by atoms with Gasteiger partial charge in [-0.05, 0) is 38.2 Å². The largest absolute Gasteiger partial charge is 0.477 e. The number of carbonyl (C=O) groups excluding carboxylic acids is 1. The summed E-state index contributed by atoms with van der Waals surface area (Å²) >= 11 is 0. The van der Waals surface area contributed by atoms with E-state index in [1.807, 2.05) is 6.92 Å². The molecule has 6 nitrogen and oxygen atoms in total. The number of carboxylic acids is 1. The van der Waals surface area contributed by atoms with Gasteiger partial charge in [0, 0.05) is 13.0 Å². The summed E-state index contributed by atoms with van der Waals surface area (Å²) in [6.07, 6.45) is 2.48. The minimum atomic E-state index is -1.07. The summed E-state index contributed by atoms with van der Waals surface area (Å²) in [6, 6.07) is -0.227. The molecule has 2 fully saturated rings. The van der Waals surface area contributed by atoms with Crippen molar-refractivity contribution in [1.29, 1.82) is 0 Å². The van der Waals surface area contributed by atoms with E-state index < -0.39 is 23.6 Å². The second kappa shape index (κ2) is 5.06. The fourth-order valence-electron chi connectivity index (χ4n) is 4.74. The molecule has 0 aromatic rings. The Labute approximate surface area is 129 Å². The Morgan fingerprint density at radius 1 is 1.55 bits per heavy atom. The van der Waals surface area contributed by atoms with E-state index in [4.69, 9.17) is 4.74 Å². The molecule has 0 aromatic carbocycles. The van der Waals surface area contributed by atoms with Crippen molar-refractivity contribution in [2.75, 3.05) is 7.11 Å². The molecule has 0 radical (unpaired) electrons. The lowest BCUT2D eigenvalue weighted by Gasteiger charge is -2.48. The normalized spacial score (nSPS) is 38.5. The number of aliphatic hydroxyl groups is 1. The molecule has 0 spiro atoms. The standard InChI is InChI=1S/C16H23NO5/c1-4-16(22-3)7-5-6-9-11(16)13(15(20)21)17-12(9)10(8(2)18)14(17)19/h8-10,12,18H,4-7H2,1-3H3,(H,20,21)/t8?,9-,10+,12?,16-/m0/s1. The van der Waals surface area contributed by atoms with Crippen LogP contribution in [0, 0.1) is 11.8 Å². The summed E-state index contributed by atoms with van der Waals surface area (Å²) < 4.78 is 5.76. The Morgan fingerprint density at radius 3 is 2.73 bits per heavy atom. The SMILES string of the molecule is CC[C@]1(OC)CCC[C@H]2C1=C(C(=O)O)N1C(=O)[C@H](C(C)O)C21. The summed E-state index contributed by atoms with van der Waals surface area (Å²) in [4.78, 5) is 25.6. The lowest BCUT2D eigenvalue weighted by Crippen LogP contribution is -2.64. The molecular weight excluding hydrogens is 286 g/mol. The predicted octanol–water partition coefficient (Wildman–Crippen LogP) is 1.14. The fraction of sp³-hybridized carbons (Fsp3) is 0.750. The molecule has 2 N–H and O–H groups in total. The number of aliphatic hydroxyl groups excluding tert-OH is 1. The van der Waals surface area contributed by atoms with Gasteiger partial charge in [0.25, 0.3) is 0 Å². The Hall–Kier alpha value is -1.40.